The first-order valence-corrected chi connectivity index (χ1v) is 15.2. The predicted octanol–water partition coefficient (Wildman–Crippen LogP) is -7.62. The Bertz CT molecular complexity index is 657. The Morgan fingerprint density at radius 3 is 2.10 bits per heavy atom. The normalized spacial score (nSPS) is 40.9. The Hall–Kier alpha value is -0.0236. The van der Waals surface area contributed by atoms with Gasteiger partial charge in [0.2, 0.25) is 0 Å². The molecule has 168 valence electrons. The van der Waals surface area contributed by atoms with Gasteiger partial charge in [0, 0.05) is 0 Å². The van der Waals surface area contributed by atoms with Crippen LogP contribution in [-0.2, 0) is 26.0 Å². The molecule has 2 heterocycles. The number of hydrogen-bond acceptors (Lipinski definition) is 15. The van der Waals surface area contributed by atoms with Crippen molar-refractivity contribution >= 4 is 53.5 Å². The van der Waals surface area contributed by atoms with Crippen LogP contribution in [0.5, 0.6) is 0 Å². The average Bonchev–Trinajstić information content (AvgIpc) is 2.63. The number of aliphatic carboxylic acids is 2. The molecule has 9 unspecified atom stereocenters. The van der Waals surface area contributed by atoms with Crippen molar-refractivity contribution in [1.82, 2.24) is 0 Å². The molecular weight excluding hydrogens is 628 g/mol. The molecule has 2 saturated heterocycles. The van der Waals surface area contributed by atoms with E-state index < -0.39 is 109 Å². The van der Waals surface area contributed by atoms with Crippen molar-refractivity contribution < 1.29 is 61.7 Å². The van der Waals surface area contributed by atoms with Gasteiger partial charge in [0.1, 0.15) is 0 Å². The molecular formula is C12H18O15Sb2-2. The van der Waals surface area contributed by atoms with Crippen LogP contribution in [0.2, 0.25) is 0 Å². The number of hydrogen-bond donors (Lipinski definition) is 5. The maximum absolute atomic E-state index is 12.9. The number of aliphatic hydroxyl groups is 5. The van der Waals surface area contributed by atoms with Gasteiger partial charge in [-0.25, -0.2) is 0 Å². The fourth-order valence-corrected chi connectivity index (χ4v) is 15.2. The first kappa shape index (κ1) is 25.2. The van der Waals surface area contributed by atoms with E-state index in [4.69, 9.17) is 15.4 Å². The third-order valence-corrected chi connectivity index (χ3v) is 16.3. The van der Waals surface area contributed by atoms with Crippen molar-refractivity contribution in [1.29, 1.82) is 0 Å². The molecule has 0 radical (unpaired) electrons. The molecule has 2 fully saturated rings. The summed E-state index contributed by atoms with van der Waals surface area (Å²) in [5.74, 6) is -3.92. The van der Waals surface area contributed by atoms with Gasteiger partial charge in [0.15, 0.2) is 0 Å². The summed E-state index contributed by atoms with van der Waals surface area (Å²) in [5, 5.41) is 70.5. The molecule has 2 aliphatic rings. The molecule has 0 aromatic rings. The van der Waals surface area contributed by atoms with Gasteiger partial charge in [-0.05, 0) is 0 Å². The summed E-state index contributed by atoms with van der Waals surface area (Å²) < 4.78 is 37.5. The minimum atomic E-state index is -6.10. The van der Waals surface area contributed by atoms with Gasteiger partial charge in [-0.1, -0.05) is 0 Å². The Morgan fingerprint density at radius 1 is 1.07 bits per heavy atom. The van der Waals surface area contributed by atoms with Gasteiger partial charge >= 0.3 is 178 Å². The molecule has 0 spiro atoms. The zero-order valence-corrected chi connectivity index (χ0v) is 19.6. The van der Waals surface area contributed by atoms with Gasteiger partial charge in [-0.15, -0.1) is 0 Å². The molecule has 0 saturated carbocycles. The van der Waals surface area contributed by atoms with Crippen molar-refractivity contribution in [3.8, 4) is 0 Å². The van der Waals surface area contributed by atoms with E-state index >= 15 is 0 Å². The van der Waals surface area contributed by atoms with Crippen LogP contribution >= 0.6 is 0 Å². The van der Waals surface area contributed by atoms with Crippen LogP contribution in [0, 0.1) is 0 Å². The molecule has 0 bridgehead atoms. The summed E-state index contributed by atoms with van der Waals surface area (Å²) in [5.41, 5.74) is 0. The fraction of sp³-hybridized carbons (Fsp3) is 0.833. The van der Waals surface area contributed by atoms with Crippen molar-refractivity contribution in [3.63, 3.8) is 0 Å². The third kappa shape index (κ3) is 5.82. The molecule has 29 heavy (non-hydrogen) atoms. The monoisotopic (exact) mass is 644 g/mol. The Kier molecular flexibility index (Phi) is 8.76. The molecule has 0 aromatic carbocycles. The van der Waals surface area contributed by atoms with Crippen LogP contribution in [0.25, 0.3) is 0 Å². The summed E-state index contributed by atoms with van der Waals surface area (Å²) in [6.45, 7) is 0.145. The first-order chi connectivity index (χ1) is 13.4. The number of carboxylic acid groups (broad SMARTS) is 2. The predicted molar refractivity (Wildman–Crippen MR) is 79.6 cm³/mol. The maximum atomic E-state index is 12.9. The standard InChI is InChI=1S/C6H10O7.C6H10O6.2O.2Sb/c7-1-2(8)3(9)4(10)5(11)6(12)13;1-2(7)3(8)4(9)5(10)6(11)12;;;;/h2-5,7-8,10H,1H2,(H,12,13);2-5,7,9H,1H3,(H,11,12);;;;/q2*-2;;;2*+2/p-2. The molecule has 5 N–H and O–H groups in total. The van der Waals surface area contributed by atoms with E-state index in [0.29, 0.717) is 0 Å². The van der Waals surface area contributed by atoms with Gasteiger partial charge in [-0.3, -0.25) is 0 Å². The quantitative estimate of drug-likeness (QED) is 0.161. The SMILES string of the molecule is CC(O)C1[O][Sb]([O][Sb]2(=[O])[O]C(C(=O)[O-])C(O)C(C(O)CO)[O]2)[O]C(C(=O)[O-])C1O. The second kappa shape index (κ2) is 10.1. The van der Waals surface area contributed by atoms with E-state index in [1.54, 1.807) is 0 Å². The summed E-state index contributed by atoms with van der Waals surface area (Å²) >= 11 is -10.5. The van der Waals surface area contributed by atoms with Crippen LogP contribution < -0.4 is 10.2 Å². The fourth-order valence-electron chi connectivity index (χ4n) is 2.42. The van der Waals surface area contributed by atoms with E-state index in [1.165, 1.54) is 0 Å². The van der Waals surface area contributed by atoms with Crippen molar-refractivity contribution in [2.75, 3.05) is 6.61 Å². The molecule has 15 nitrogen and oxygen atoms in total. The van der Waals surface area contributed by atoms with Crippen LogP contribution in [0.1, 0.15) is 6.92 Å². The Balaban J connectivity index is 2.26. The molecule has 9 atom stereocenters. The second-order valence-electron chi connectivity index (χ2n) is 6.05. The zero-order valence-electron chi connectivity index (χ0n) is 14.5. The van der Waals surface area contributed by atoms with Crippen molar-refractivity contribution in [2.24, 2.45) is 0 Å². The summed E-state index contributed by atoms with van der Waals surface area (Å²) in [6.07, 6.45) is -15.0. The van der Waals surface area contributed by atoms with E-state index in [9.17, 15) is 43.2 Å². The van der Waals surface area contributed by atoms with Crippen LogP contribution in [0.3, 0.4) is 0 Å². The van der Waals surface area contributed by atoms with Crippen LogP contribution in [0.15, 0.2) is 0 Å². The zero-order chi connectivity index (χ0) is 22.1. The average molecular weight is 646 g/mol. The van der Waals surface area contributed by atoms with E-state index in [0.717, 1.165) is 6.92 Å². The number of carbonyl (C=O) groups is 2. The minimum absolute atomic E-state index is 1.01. The van der Waals surface area contributed by atoms with Crippen LogP contribution in [-0.4, -0.2) is 134 Å². The van der Waals surface area contributed by atoms with Gasteiger partial charge in [0.25, 0.3) is 0 Å². The Labute approximate surface area is 177 Å². The number of carbonyl (C=O) groups excluding carboxylic acids is 2. The van der Waals surface area contributed by atoms with Gasteiger partial charge < -0.3 is 0 Å². The number of aliphatic hydroxyl groups excluding tert-OH is 5. The van der Waals surface area contributed by atoms with E-state index in [2.05, 4.69) is 3.02 Å². The van der Waals surface area contributed by atoms with E-state index in [-0.39, 0.29) is 0 Å². The van der Waals surface area contributed by atoms with Crippen molar-refractivity contribution in [3.05, 3.63) is 0 Å². The Morgan fingerprint density at radius 2 is 1.62 bits per heavy atom. The molecule has 0 amide bonds. The number of carboxylic acids is 2. The molecule has 2 aliphatic heterocycles. The first-order valence-electron chi connectivity index (χ1n) is 7.95. The van der Waals surface area contributed by atoms with E-state index in [1.807, 2.05) is 0 Å². The molecule has 17 heteroatoms. The summed E-state index contributed by atoms with van der Waals surface area (Å²) in [4.78, 5) is 22.3. The molecule has 0 aliphatic carbocycles. The van der Waals surface area contributed by atoms with Gasteiger partial charge in [0.05, 0.1) is 0 Å². The second-order valence-corrected chi connectivity index (χ2v) is 15.9. The molecule has 2 rings (SSSR count). The third-order valence-electron chi connectivity index (χ3n) is 3.87. The summed E-state index contributed by atoms with van der Waals surface area (Å²) in [6, 6.07) is 0. The number of rotatable bonds is 7. The van der Waals surface area contributed by atoms with Crippen LogP contribution in [0.4, 0.5) is 0 Å². The van der Waals surface area contributed by atoms with Gasteiger partial charge in [-0.2, -0.15) is 0 Å². The summed E-state index contributed by atoms with van der Waals surface area (Å²) in [7, 11) is 0. The molecule has 0 aromatic heterocycles. The topological polar surface area (TPSA) is 245 Å². The van der Waals surface area contributed by atoms with Crippen molar-refractivity contribution in [2.45, 2.75) is 55.8 Å².